The third-order valence-corrected chi connectivity index (χ3v) is 4.81. The molecule has 0 spiro atoms. The van der Waals surface area contributed by atoms with Gasteiger partial charge in [0, 0.05) is 39.3 Å². The van der Waals surface area contributed by atoms with Gasteiger partial charge in [-0.2, -0.15) is 0 Å². The lowest BCUT2D eigenvalue weighted by atomic mass is 10.1. The van der Waals surface area contributed by atoms with Gasteiger partial charge < -0.3 is 20.3 Å². The Morgan fingerprint density at radius 3 is 2.67 bits per heavy atom. The van der Waals surface area contributed by atoms with E-state index in [-0.39, 0.29) is 0 Å². The van der Waals surface area contributed by atoms with Crippen molar-refractivity contribution in [2.75, 3.05) is 72.1 Å². The number of nitrogens with one attached hydrogen (secondary N) is 2. The Balaban J connectivity index is 1.63. The summed E-state index contributed by atoms with van der Waals surface area (Å²) in [5.74, 6) is 1.70. The fourth-order valence-electron chi connectivity index (χ4n) is 3.48. The van der Waals surface area contributed by atoms with Gasteiger partial charge in [0.2, 0.25) is 0 Å². The van der Waals surface area contributed by atoms with Crippen molar-refractivity contribution in [3.8, 4) is 0 Å². The molecule has 0 aromatic rings. The summed E-state index contributed by atoms with van der Waals surface area (Å²) in [6.07, 6.45) is 3.70. The Morgan fingerprint density at radius 2 is 1.92 bits per heavy atom. The highest BCUT2D eigenvalue weighted by Crippen LogP contribution is 2.16. The first-order valence-corrected chi connectivity index (χ1v) is 9.86. The van der Waals surface area contributed by atoms with Crippen LogP contribution in [0.3, 0.4) is 0 Å². The number of aliphatic imine (C=N–C) groups is 1. The lowest BCUT2D eigenvalue weighted by molar-refractivity contribution is 0.0376. The minimum absolute atomic E-state index is 0.723. The van der Waals surface area contributed by atoms with Crippen molar-refractivity contribution in [3.63, 3.8) is 0 Å². The molecule has 24 heavy (non-hydrogen) atoms. The number of morpholine rings is 1. The molecule has 2 N–H and O–H groups in total. The normalized spacial score (nSPS) is 23.6. The van der Waals surface area contributed by atoms with Crippen molar-refractivity contribution in [1.82, 2.24) is 20.4 Å². The van der Waals surface area contributed by atoms with E-state index in [9.17, 15) is 0 Å². The second kappa shape index (κ2) is 11.7. The number of hydrogen-bond acceptors (Lipinski definition) is 4. The van der Waals surface area contributed by atoms with Gasteiger partial charge in [0.05, 0.1) is 13.2 Å². The van der Waals surface area contributed by atoms with Gasteiger partial charge in [-0.15, -0.1) is 0 Å². The Morgan fingerprint density at radius 1 is 1.08 bits per heavy atom. The van der Waals surface area contributed by atoms with Gasteiger partial charge in [-0.25, -0.2) is 0 Å². The van der Waals surface area contributed by atoms with Gasteiger partial charge >= 0.3 is 0 Å². The van der Waals surface area contributed by atoms with Crippen LogP contribution in [0.5, 0.6) is 0 Å². The Labute approximate surface area is 148 Å². The highest BCUT2D eigenvalue weighted by Gasteiger charge is 2.21. The van der Waals surface area contributed by atoms with Gasteiger partial charge in [0.1, 0.15) is 0 Å². The van der Waals surface area contributed by atoms with E-state index in [4.69, 9.17) is 9.73 Å². The molecule has 2 saturated heterocycles. The monoisotopic (exact) mass is 339 g/mol. The van der Waals surface area contributed by atoms with Crippen molar-refractivity contribution < 1.29 is 4.74 Å². The maximum atomic E-state index is 5.39. The first-order valence-electron chi connectivity index (χ1n) is 9.86. The van der Waals surface area contributed by atoms with Crippen molar-refractivity contribution in [1.29, 1.82) is 0 Å². The summed E-state index contributed by atoms with van der Waals surface area (Å²) in [5.41, 5.74) is 0. The number of guanidine groups is 1. The number of nitrogens with zero attached hydrogens (tertiary/aromatic N) is 3. The zero-order chi connectivity index (χ0) is 17.0. The van der Waals surface area contributed by atoms with Crippen molar-refractivity contribution in [2.45, 2.75) is 33.1 Å². The summed E-state index contributed by atoms with van der Waals surface area (Å²) in [4.78, 5) is 9.86. The summed E-state index contributed by atoms with van der Waals surface area (Å²) in [7, 11) is 0. The Kier molecular flexibility index (Phi) is 9.46. The maximum Gasteiger partial charge on any atom is 0.191 e. The average Bonchev–Trinajstić information content (AvgIpc) is 3.05. The molecule has 0 saturated carbocycles. The molecule has 6 heteroatoms. The minimum atomic E-state index is 0.723. The van der Waals surface area contributed by atoms with E-state index >= 15 is 0 Å². The Hall–Kier alpha value is -0.850. The molecule has 1 unspecified atom stereocenters. The van der Waals surface area contributed by atoms with Gasteiger partial charge in [0.15, 0.2) is 5.96 Å². The minimum Gasteiger partial charge on any atom is -0.379 e. The molecular formula is C18H37N5O. The first-order chi connectivity index (χ1) is 11.8. The van der Waals surface area contributed by atoms with E-state index in [2.05, 4.69) is 34.3 Å². The van der Waals surface area contributed by atoms with E-state index in [0.717, 1.165) is 70.8 Å². The third-order valence-electron chi connectivity index (χ3n) is 4.81. The number of ether oxygens (including phenoxy) is 1. The molecule has 2 aliphatic rings. The first kappa shape index (κ1) is 19.5. The topological polar surface area (TPSA) is 52.1 Å². The van der Waals surface area contributed by atoms with Crippen LogP contribution in [0.15, 0.2) is 4.99 Å². The molecule has 6 nitrogen and oxygen atoms in total. The van der Waals surface area contributed by atoms with E-state index in [0.29, 0.717) is 0 Å². The quantitative estimate of drug-likeness (QED) is 0.373. The zero-order valence-corrected chi connectivity index (χ0v) is 15.7. The average molecular weight is 340 g/mol. The molecule has 140 valence electrons. The fourth-order valence-corrected chi connectivity index (χ4v) is 3.48. The highest BCUT2D eigenvalue weighted by molar-refractivity contribution is 5.79. The standard InChI is InChI=1S/C18H37N5O/c1-3-8-23-10-6-17(16-23)15-21-18(19-4-2)20-7-5-9-22-11-13-24-14-12-22/h17H,3-16H2,1-2H3,(H2,19,20,21). The van der Waals surface area contributed by atoms with Crippen LogP contribution in [0.25, 0.3) is 0 Å². The largest absolute Gasteiger partial charge is 0.379 e. The van der Waals surface area contributed by atoms with Crippen LogP contribution in [0.4, 0.5) is 0 Å². The van der Waals surface area contributed by atoms with Gasteiger partial charge in [-0.05, 0) is 51.7 Å². The van der Waals surface area contributed by atoms with E-state index in [1.54, 1.807) is 0 Å². The predicted octanol–water partition coefficient (Wildman–Crippen LogP) is 0.996. The molecule has 0 bridgehead atoms. The zero-order valence-electron chi connectivity index (χ0n) is 15.7. The lowest BCUT2D eigenvalue weighted by Crippen LogP contribution is -2.41. The predicted molar refractivity (Wildman–Crippen MR) is 101 cm³/mol. The summed E-state index contributed by atoms with van der Waals surface area (Å²) in [6.45, 7) is 16.0. The molecule has 1 atom stereocenters. The van der Waals surface area contributed by atoms with Crippen LogP contribution in [-0.2, 0) is 4.74 Å². The molecular weight excluding hydrogens is 302 g/mol. The molecule has 0 amide bonds. The highest BCUT2D eigenvalue weighted by atomic mass is 16.5. The summed E-state index contributed by atoms with van der Waals surface area (Å²) in [6, 6.07) is 0. The van der Waals surface area contributed by atoms with Crippen LogP contribution in [-0.4, -0.2) is 87.9 Å². The molecule has 0 aromatic heterocycles. The molecule has 0 radical (unpaired) electrons. The molecule has 0 aromatic carbocycles. The maximum absolute atomic E-state index is 5.39. The second-order valence-corrected chi connectivity index (χ2v) is 6.91. The van der Waals surface area contributed by atoms with Crippen LogP contribution in [0.1, 0.15) is 33.1 Å². The molecule has 2 rings (SSSR count). The second-order valence-electron chi connectivity index (χ2n) is 6.91. The molecule has 2 aliphatic heterocycles. The number of rotatable bonds is 9. The summed E-state index contributed by atoms with van der Waals surface area (Å²) >= 11 is 0. The smallest absolute Gasteiger partial charge is 0.191 e. The fraction of sp³-hybridized carbons (Fsp3) is 0.944. The van der Waals surface area contributed by atoms with Crippen LogP contribution < -0.4 is 10.6 Å². The van der Waals surface area contributed by atoms with Crippen LogP contribution in [0, 0.1) is 5.92 Å². The van der Waals surface area contributed by atoms with Gasteiger partial charge in [-0.1, -0.05) is 6.92 Å². The van der Waals surface area contributed by atoms with E-state index < -0.39 is 0 Å². The molecule has 0 aliphatic carbocycles. The lowest BCUT2D eigenvalue weighted by Gasteiger charge is -2.26. The number of likely N-dealkylation sites (tertiary alicyclic amines) is 1. The van der Waals surface area contributed by atoms with Crippen LogP contribution in [0.2, 0.25) is 0 Å². The molecule has 2 heterocycles. The third kappa shape index (κ3) is 7.36. The van der Waals surface area contributed by atoms with Crippen molar-refractivity contribution in [2.24, 2.45) is 10.9 Å². The van der Waals surface area contributed by atoms with E-state index in [1.165, 1.54) is 32.5 Å². The molecule has 2 fully saturated rings. The van der Waals surface area contributed by atoms with Crippen molar-refractivity contribution in [3.05, 3.63) is 0 Å². The van der Waals surface area contributed by atoms with Gasteiger partial charge in [-0.3, -0.25) is 9.89 Å². The SMILES string of the molecule is CCCN1CCC(CN=C(NCC)NCCCN2CCOCC2)C1. The van der Waals surface area contributed by atoms with Crippen molar-refractivity contribution >= 4 is 5.96 Å². The van der Waals surface area contributed by atoms with Crippen LogP contribution >= 0.6 is 0 Å². The van der Waals surface area contributed by atoms with Gasteiger partial charge in [0.25, 0.3) is 0 Å². The summed E-state index contributed by atoms with van der Waals surface area (Å²) in [5, 5.41) is 6.86. The summed E-state index contributed by atoms with van der Waals surface area (Å²) < 4.78 is 5.39. The number of hydrogen-bond donors (Lipinski definition) is 2. The Bertz CT molecular complexity index is 357. The van der Waals surface area contributed by atoms with E-state index in [1.807, 2.05) is 0 Å².